The summed E-state index contributed by atoms with van der Waals surface area (Å²) in [6.07, 6.45) is 2.46. The molecule has 0 spiro atoms. The largest absolute Gasteiger partial charge is 0.488 e. The lowest BCUT2D eigenvalue weighted by Crippen LogP contribution is -2.05. The average molecular weight is 239 g/mol. The van der Waals surface area contributed by atoms with E-state index in [1.807, 2.05) is 13.8 Å². The van der Waals surface area contributed by atoms with Crippen LogP contribution in [-0.2, 0) is 0 Å². The molecular formula is C13H15F2NO. The van der Waals surface area contributed by atoms with E-state index in [2.05, 4.69) is 5.32 Å². The van der Waals surface area contributed by atoms with Crippen molar-refractivity contribution in [2.45, 2.75) is 20.3 Å². The first-order chi connectivity index (χ1) is 8.08. The number of benzene rings is 1. The number of rotatable bonds is 5. The van der Waals surface area contributed by atoms with Gasteiger partial charge in [0.05, 0.1) is 12.3 Å². The minimum Gasteiger partial charge on any atom is -0.488 e. The Morgan fingerprint density at radius 1 is 1.24 bits per heavy atom. The van der Waals surface area contributed by atoms with E-state index in [1.165, 1.54) is 12.1 Å². The Hall–Kier alpha value is -1.58. The molecule has 1 aliphatic heterocycles. The smallest absolute Gasteiger partial charge is 0.190 e. The molecular weight excluding hydrogens is 224 g/mol. The fourth-order valence-corrected chi connectivity index (χ4v) is 1.45. The van der Waals surface area contributed by atoms with Crippen LogP contribution in [0, 0.1) is 17.6 Å². The maximum Gasteiger partial charge on any atom is 0.190 e. The third-order valence-electron chi connectivity index (χ3n) is 2.54. The number of ether oxygens (including phenoxy) is 1. The monoisotopic (exact) mass is 239 g/mol. The lowest BCUT2D eigenvalue weighted by molar-refractivity contribution is 0.263. The second kappa shape index (κ2) is 4.73. The molecule has 0 amide bonds. The number of nitrogens with one attached hydrogen (secondary N) is 1. The highest BCUT2D eigenvalue weighted by Crippen LogP contribution is 2.28. The normalized spacial score (nSPS) is 13.4. The Labute approximate surface area is 99.3 Å². The van der Waals surface area contributed by atoms with E-state index in [4.69, 9.17) is 4.74 Å². The van der Waals surface area contributed by atoms with Crippen molar-refractivity contribution < 1.29 is 13.5 Å². The fraction of sp³-hybridized carbons (Fsp3) is 0.385. The zero-order chi connectivity index (χ0) is 12.4. The van der Waals surface area contributed by atoms with Crippen molar-refractivity contribution in [2.24, 2.45) is 5.92 Å². The molecule has 0 aromatic heterocycles. The first-order valence-corrected chi connectivity index (χ1v) is 5.67. The van der Waals surface area contributed by atoms with Crippen LogP contribution in [-0.4, -0.2) is 6.61 Å². The van der Waals surface area contributed by atoms with Gasteiger partial charge in [0.1, 0.15) is 0 Å². The van der Waals surface area contributed by atoms with Gasteiger partial charge in [-0.2, -0.15) is 0 Å². The van der Waals surface area contributed by atoms with Crippen LogP contribution in [0.5, 0.6) is 5.75 Å². The lowest BCUT2D eigenvalue weighted by Gasteiger charge is -2.10. The van der Waals surface area contributed by atoms with E-state index in [1.54, 1.807) is 6.20 Å². The summed E-state index contributed by atoms with van der Waals surface area (Å²) in [6, 6.07) is 2.55. The standard InChI is InChI=1S/C13H15F2NO/c1-8(2)3-4-17-13-10(14)5-9(6-11(13)15)12-7-16-12/h5-8,16H,3-4H2,1-2H3. The summed E-state index contributed by atoms with van der Waals surface area (Å²) in [7, 11) is 0. The van der Waals surface area contributed by atoms with Gasteiger partial charge >= 0.3 is 0 Å². The van der Waals surface area contributed by atoms with Gasteiger partial charge in [0.25, 0.3) is 0 Å². The highest BCUT2D eigenvalue weighted by Gasteiger charge is 2.17. The van der Waals surface area contributed by atoms with E-state index in [-0.39, 0.29) is 5.75 Å². The summed E-state index contributed by atoms with van der Waals surface area (Å²) >= 11 is 0. The fourth-order valence-electron chi connectivity index (χ4n) is 1.45. The summed E-state index contributed by atoms with van der Waals surface area (Å²) in [6.45, 7) is 4.39. The highest BCUT2D eigenvalue weighted by atomic mass is 19.1. The third kappa shape index (κ3) is 2.96. The number of hydrogen-bond donors (Lipinski definition) is 1. The molecule has 1 aromatic carbocycles. The van der Waals surface area contributed by atoms with Gasteiger partial charge in [-0.15, -0.1) is 0 Å². The first-order valence-electron chi connectivity index (χ1n) is 5.67. The SMILES string of the molecule is CC(C)CCOc1c(F)cc(C2=CN2)cc1F. The molecule has 17 heavy (non-hydrogen) atoms. The third-order valence-corrected chi connectivity index (χ3v) is 2.54. The summed E-state index contributed by atoms with van der Waals surface area (Å²) in [4.78, 5) is 0. The van der Waals surface area contributed by atoms with Crippen molar-refractivity contribution in [1.29, 1.82) is 0 Å². The molecule has 0 bridgehead atoms. The zero-order valence-electron chi connectivity index (χ0n) is 9.89. The maximum absolute atomic E-state index is 13.6. The zero-order valence-corrected chi connectivity index (χ0v) is 9.89. The molecule has 0 atom stereocenters. The Bertz CT molecular complexity index is 432. The molecule has 1 heterocycles. The molecule has 2 nitrogen and oxygen atoms in total. The maximum atomic E-state index is 13.6. The molecule has 0 radical (unpaired) electrons. The average Bonchev–Trinajstić information content (AvgIpc) is 3.04. The van der Waals surface area contributed by atoms with E-state index >= 15 is 0 Å². The van der Waals surface area contributed by atoms with Crippen LogP contribution in [0.25, 0.3) is 5.70 Å². The van der Waals surface area contributed by atoms with Crippen LogP contribution >= 0.6 is 0 Å². The Morgan fingerprint density at radius 3 is 2.29 bits per heavy atom. The van der Waals surface area contributed by atoms with Gasteiger partial charge in [0.15, 0.2) is 17.4 Å². The Kier molecular flexibility index (Phi) is 3.31. The van der Waals surface area contributed by atoms with Crippen molar-refractivity contribution in [3.05, 3.63) is 35.5 Å². The molecule has 0 unspecified atom stereocenters. The molecule has 0 saturated carbocycles. The molecule has 4 heteroatoms. The quantitative estimate of drug-likeness (QED) is 0.854. The van der Waals surface area contributed by atoms with Gasteiger partial charge in [-0.25, -0.2) is 8.78 Å². The van der Waals surface area contributed by atoms with Gasteiger partial charge in [-0.05, 0) is 24.5 Å². The summed E-state index contributed by atoms with van der Waals surface area (Å²) < 4.78 is 32.4. The Balaban J connectivity index is 2.08. The second-order valence-electron chi connectivity index (χ2n) is 4.50. The molecule has 0 saturated heterocycles. The van der Waals surface area contributed by atoms with Crippen LogP contribution in [0.4, 0.5) is 8.78 Å². The van der Waals surface area contributed by atoms with E-state index in [0.29, 0.717) is 18.1 Å². The Morgan fingerprint density at radius 2 is 1.82 bits per heavy atom. The van der Waals surface area contributed by atoms with Crippen molar-refractivity contribution in [3.63, 3.8) is 0 Å². The van der Waals surface area contributed by atoms with Crippen LogP contribution in [0.15, 0.2) is 18.3 Å². The molecule has 2 rings (SSSR count). The van der Waals surface area contributed by atoms with Gasteiger partial charge < -0.3 is 10.1 Å². The summed E-state index contributed by atoms with van der Waals surface area (Å²) in [5.74, 6) is -1.14. The lowest BCUT2D eigenvalue weighted by atomic mass is 10.1. The minimum atomic E-state index is -0.654. The molecule has 1 aliphatic rings. The number of halogens is 2. The highest BCUT2D eigenvalue weighted by molar-refractivity contribution is 5.74. The van der Waals surface area contributed by atoms with Crippen molar-refractivity contribution >= 4 is 5.70 Å². The van der Waals surface area contributed by atoms with Crippen LogP contribution in [0.2, 0.25) is 0 Å². The van der Waals surface area contributed by atoms with E-state index in [9.17, 15) is 8.78 Å². The molecule has 1 aromatic rings. The van der Waals surface area contributed by atoms with Crippen LogP contribution < -0.4 is 10.1 Å². The topological polar surface area (TPSA) is 31.2 Å². The molecule has 92 valence electrons. The van der Waals surface area contributed by atoms with Gasteiger partial charge in [0.2, 0.25) is 0 Å². The van der Waals surface area contributed by atoms with Gasteiger partial charge in [0, 0.05) is 11.8 Å². The van der Waals surface area contributed by atoms with Crippen LogP contribution in [0.3, 0.4) is 0 Å². The summed E-state index contributed by atoms with van der Waals surface area (Å²) in [5.41, 5.74) is 1.26. The van der Waals surface area contributed by atoms with Crippen LogP contribution in [0.1, 0.15) is 25.8 Å². The van der Waals surface area contributed by atoms with Crippen molar-refractivity contribution in [3.8, 4) is 5.75 Å². The first kappa shape index (κ1) is 11.9. The molecule has 1 N–H and O–H groups in total. The van der Waals surface area contributed by atoms with E-state index in [0.717, 1.165) is 12.1 Å². The number of hydrogen-bond acceptors (Lipinski definition) is 2. The minimum absolute atomic E-state index is 0.282. The summed E-state index contributed by atoms with van der Waals surface area (Å²) in [5, 5.41) is 2.80. The molecule has 0 fully saturated rings. The van der Waals surface area contributed by atoms with Crippen molar-refractivity contribution in [2.75, 3.05) is 6.61 Å². The second-order valence-corrected chi connectivity index (χ2v) is 4.50. The van der Waals surface area contributed by atoms with E-state index < -0.39 is 11.6 Å². The predicted molar refractivity (Wildman–Crippen MR) is 62.4 cm³/mol. The molecule has 0 aliphatic carbocycles. The van der Waals surface area contributed by atoms with Gasteiger partial charge in [-0.3, -0.25) is 0 Å². The van der Waals surface area contributed by atoms with Gasteiger partial charge in [-0.1, -0.05) is 13.8 Å². The predicted octanol–water partition coefficient (Wildman–Crippen LogP) is 3.29. The van der Waals surface area contributed by atoms with Crippen molar-refractivity contribution in [1.82, 2.24) is 5.32 Å².